The minimum Gasteiger partial charge on any atom is -0.273 e. The van der Waals surface area contributed by atoms with Crippen LogP contribution in [0.2, 0.25) is 0 Å². The number of hydrogen-bond donors (Lipinski definition) is 1. The molecule has 2 bridgehead atoms. The Hall–Kier alpha value is -1.12. The Labute approximate surface area is 116 Å². The molecule has 2 rings (SSSR count). The third-order valence-corrected chi connectivity index (χ3v) is 4.29. The molecule has 0 aromatic carbocycles. The highest BCUT2D eigenvalue weighted by Crippen LogP contribution is 2.42. The summed E-state index contributed by atoms with van der Waals surface area (Å²) in [7, 11) is 0. The summed E-state index contributed by atoms with van der Waals surface area (Å²) in [6.07, 6.45) is 15.6. The molecule has 1 amide bonds. The van der Waals surface area contributed by atoms with Gasteiger partial charge in [-0.15, -0.1) is 0 Å². The van der Waals surface area contributed by atoms with Crippen molar-refractivity contribution in [2.45, 2.75) is 58.3 Å². The summed E-state index contributed by atoms with van der Waals surface area (Å²) in [6.45, 7) is 2.20. The molecule has 3 heteroatoms. The summed E-state index contributed by atoms with van der Waals surface area (Å²) >= 11 is 0. The molecule has 0 aromatic heterocycles. The summed E-state index contributed by atoms with van der Waals surface area (Å²) in [5.41, 5.74) is 2.67. The average molecular weight is 262 g/mol. The fourth-order valence-electron chi connectivity index (χ4n) is 3.14. The molecule has 0 unspecified atom stereocenters. The quantitative estimate of drug-likeness (QED) is 0.308. The van der Waals surface area contributed by atoms with E-state index in [9.17, 15) is 4.79 Å². The van der Waals surface area contributed by atoms with Gasteiger partial charge in [-0.25, -0.2) is 5.43 Å². The first-order valence-electron chi connectivity index (χ1n) is 7.80. The molecule has 0 heterocycles. The summed E-state index contributed by atoms with van der Waals surface area (Å²) in [5, 5.41) is 4.13. The summed E-state index contributed by atoms with van der Waals surface area (Å²) in [5.74, 6) is 2.03. The molecule has 3 atom stereocenters. The molecule has 2 aliphatic rings. The molecule has 0 radical (unpaired) electrons. The molecule has 1 fully saturated rings. The zero-order chi connectivity index (χ0) is 13.5. The Balaban J connectivity index is 1.55. The van der Waals surface area contributed by atoms with Crippen LogP contribution in [0.1, 0.15) is 58.3 Å². The third-order valence-electron chi connectivity index (χ3n) is 4.29. The molecule has 0 aliphatic heterocycles. The van der Waals surface area contributed by atoms with Crippen molar-refractivity contribution in [1.29, 1.82) is 0 Å². The van der Waals surface area contributed by atoms with Crippen LogP contribution in [0.25, 0.3) is 0 Å². The molecule has 0 aromatic rings. The van der Waals surface area contributed by atoms with Crippen LogP contribution in [-0.4, -0.2) is 12.1 Å². The number of nitrogens with zero attached hydrogens (tertiary/aromatic N) is 1. The van der Waals surface area contributed by atoms with E-state index in [1.54, 1.807) is 0 Å². The molecular formula is C16H26N2O. The van der Waals surface area contributed by atoms with Gasteiger partial charge in [-0.2, -0.15) is 5.10 Å². The van der Waals surface area contributed by atoms with E-state index >= 15 is 0 Å². The predicted octanol–water partition coefficient (Wildman–Crippen LogP) is 3.66. The van der Waals surface area contributed by atoms with Crippen molar-refractivity contribution in [2.24, 2.45) is 22.9 Å². The van der Waals surface area contributed by atoms with Gasteiger partial charge in [0.05, 0.1) is 0 Å². The highest BCUT2D eigenvalue weighted by Gasteiger charge is 2.34. The van der Waals surface area contributed by atoms with Crippen molar-refractivity contribution >= 4 is 12.1 Å². The number of carbonyl (C=O) groups excluding carboxylic acids is 1. The molecule has 106 valence electrons. The Morgan fingerprint density at radius 1 is 1.26 bits per heavy atom. The van der Waals surface area contributed by atoms with Crippen LogP contribution in [0.15, 0.2) is 17.3 Å². The third kappa shape index (κ3) is 4.48. The molecular weight excluding hydrogens is 236 g/mol. The summed E-state index contributed by atoms with van der Waals surface area (Å²) < 4.78 is 0. The van der Waals surface area contributed by atoms with E-state index in [2.05, 4.69) is 29.6 Å². The number of fused-ring (bicyclic) bond motifs is 2. The smallest absolute Gasteiger partial charge is 0.240 e. The van der Waals surface area contributed by atoms with E-state index in [1.165, 1.54) is 32.1 Å². The van der Waals surface area contributed by atoms with E-state index in [1.807, 2.05) is 6.21 Å². The van der Waals surface area contributed by atoms with E-state index in [0.717, 1.165) is 18.8 Å². The Kier molecular flexibility index (Phi) is 5.62. The van der Waals surface area contributed by atoms with Gasteiger partial charge in [-0.05, 0) is 31.1 Å². The first-order valence-corrected chi connectivity index (χ1v) is 7.80. The van der Waals surface area contributed by atoms with Gasteiger partial charge in [-0.3, -0.25) is 4.79 Å². The first-order chi connectivity index (χ1) is 9.29. The zero-order valence-corrected chi connectivity index (χ0v) is 12.0. The summed E-state index contributed by atoms with van der Waals surface area (Å²) in [6, 6.07) is 0. The Morgan fingerprint density at radius 3 is 2.79 bits per heavy atom. The number of nitrogens with one attached hydrogen (secondary N) is 1. The number of amides is 1. The first kappa shape index (κ1) is 14.3. The Morgan fingerprint density at radius 2 is 2.11 bits per heavy atom. The molecule has 1 saturated carbocycles. The van der Waals surface area contributed by atoms with Crippen LogP contribution in [0.5, 0.6) is 0 Å². The normalized spacial score (nSPS) is 28.4. The van der Waals surface area contributed by atoms with Crippen molar-refractivity contribution in [3.63, 3.8) is 0 Å². The van der Waals surface area contributed by atoms with Crippen molar-refractivity contribution < 1.29 is 4.79 Å². The second-order valence-corrected chi connectivity index (χ2v) is 5.92. The van der Waals surface area contributed by atoms with Crippen molar-refractivity contribution in [3.05, 3.63) is 12.2 Å². The van der Waals surface area contributed by atoms with Gasteiger partial charge in [-0.1, -0.05) is 44.8 Å². The van der Waals surface area contributed by atoms with E-state index in [4.69, 9.17) is 0 Å². The van der Waals surface area contributed by atoms with E-state index in [-0.39, 0.29) is 5.91 Å². The average Bonchev–Trinajstić information content (AvgIpc) is 3.01. The van der Waals surface area contributed by atoms with E-state index in [0.29, 0.717) is 18.3 Å². The highest BCUT2D eigenvalue weighted by atomic mass is 16.2. The second kappa shape index (κ2) is 7.46. The topological polar surface area (TPSA) is 41.5 Å². The minimum absolute atomic E-state index is 0.0615. The van der Waals surface area contributed by atoms with Gasteiger partial charge in [0.2, 0.25) is 5.91 Å². The number of allylic oxidation sites excluding steroid dienone is 2. The lowest BCUT2D eigenvalue weighted by Crippen LogP contribution is -2.19. The lowest BCUT2D eigenvalue weighted by atomic mass is 9.95. The molecule has 2 aliphatic carbocycles. The molecule has 1 N–H and O–H groups in total. The molecule has 0 saturated heterocycles. The number of hydrazone groups is 1. The maximum atomic E-state index is 11.6. The fourth-order valence-corrected chi connectivity index (χ4v) is 3.14. The van der Waals surface area contributed by atoms with Crippen LogP contribution in [0, 0.1) is 17.8 Å². The lowest BCUT2D eigenvalue weighted by Gasteiger charge is -2.11. The van der Waals surface area contributed by atoms with Crippen LogP contribution >= 0.6 is 0 Å². The van der Waals surface area contributed by atoms with Crippen LogP contribution in [-0.2, 0) is 4.79 Å². The number of hydrogen-bond acceptors (Lipinski definition) is 2. The number of rotatable bonds is 8. The minimum atomic E-state index is 0.0615. The van der Waals surface area contributed by atoms with Gasteiger partial charge in [0.15, 0.2) is 0 Å². The van der Waals surface area contributed by atoms with Crippen molar-refractivity contribution in [1.82, 2.24) is 5.43 Å². The summed E-state index contributed by atoms with van der Waals surface area (Å²) in [4.78, 5) is 11.6. The van der Waals surface area contributed by atoms with Crippen molar-refractivity contribution in [3.8, 4) is 0 Å². The Bertz CT molecular complexity index is 349. The van der Waals surface area contributed by atoms with Crippen LogP contribution in [0.4, 0.5) is 0 Å². The zero-order valence-electron chi connectivity index (χ0n) is 12.0. The van der Waals surface area contributed by atoms with Gasteiger partial charge < -0.3 is 0 Å². The van der Waals surface area contributed by atoms with E-state index < -0.39 is 0 Å². The van der Waals surface area contributed by atoms with Gasteiger partial charge in [0.1, 0.15) is 0 Å². The van der Waals surface area contributed by atoms with Crippen LogP contribution < -0.4 is 5.43 Å². The van der Waals surface area contributed by atoms with Crippen LogP contribution in [0.3, 0.4) is 0 Å². The SMILES string of the molecule is CCCCCCCC(=O)N/N=C\[C@H]1C[C@@H]2C=C[C@H]1C2. The van der Waals surface area contributed by atoms with Gasteiger partial charge in [0, 0.05) is 18.6 Å². The molecule has 3 nitrogen and oxygen atoms in total. The standard InChI is InChI=1S/C16H26N2O/c1-2-3-4-5-6-7-16(19)18-17-12-15-11-13-8-9-14(15)10-13/h8-9,12-15H,2-7,10-11H2,1H3,(H,18,19)/b17-12-/t13-,14+,15-/m1/s1. The lowest BCUT2D eigenvalue weighted by molar-refractivity contribution is -0.121. The molecule has 19 heavy (non-hydrogen) atoms. The second-order valence-electron chi connectivity index (χ2n) is 5.92. The predicted molar refractivity (Wildman–Crippen MR) is 78.9 cm³/mol. The number of carbonyl (C=O) groups is 1. The largest absolute Gasteiger partial charge is 0.273 e. The van der Waals surface area contributed by atoms with Gasteiger partial charge >= 0.3 is 0 Å². The maximum absolute atomic E-state index is 11.6. The monoisotopic (exact) mass is 262 g/mol. The fraction of sp³-hybridized carbons (Fsp3) is 0.750. The number of unbranched alkanes of at least 4 members (excludes halogenated alkanes) is 4. The van der Waals surface area contributed by atoms with Crippen molar-refractivity contribution in [2.75, 3.05) is 0 Å². The molecule has 0 spiro atoms. The van der Waals surface area contributed by atoms with Gasteiger partial charge in [0.25, 0.3) is 0 Å². The highest BCUT2D eigenvalue weighted by molar-refractivity contribution is 5.77. The maximum Gasteiger partial charge on any atom is 0.240 e.